The van der Waals surface area contributed by atoms with Gasteiger partial charge in [-0.05, 0) is 36.3 Å². The van der Waals surface area contributed by atoms with Gasteiger partial charge in [0.1, 0.15) is 0 Å². The summed E-state index contributed by atoms with van der Waals surface area (Å²) in [6, 6.07) is 0. The van der Waals surface area contributed by atoms with Crippen molar-refractivity contribution in [2.45, 2.75) is 40.3 Å². The third kappa shape index (κ3) is 4.06. The van der Waals surface area contributed by atoms with Crippen LogP contribution in [-0.4, -0.2) is 41.4 Å². The molecule has 1 rings (SSSR count). The van der Waals surface area contributed by atoms with Gasteiger partial charge in [0.05, 0.1) is 28.9 Å². The molecule has 20 heavy (non-hydrogen) atoms. The molecule has 1 atom stereocenters. The number of esters is 1. The summed E-state index contributed by atoms with van der Waals surface area (Å²) in [7, 11) is 3.43. The predicted molar refractivity (Wildman–Crippen MR) is 82.5 cm³/mol. The smallest absolute Gasteiger partial charge is 0.309 e. The molecule has 0 N–H and O–H groups in total. The van der Waals surface area contributed by atoms with Crippen molar-refractivity contribution in [3.8, 4) is 0 Å². The van der Waals surface area contributed by atoms with E-state index in [9.17, 15) is 4.79 Å². The van der Waals surface area contributed by atoms with Gasteiger partial charge in [0.15, 0.2) is 0 Å². The maximum Gasteiger partial charge on any atom is 0.309 e. The summed E-state index contributed by atoms with van der Waals surface area (Å²) in [6.45, 7) is 8.32. The lowest BCUT2D eigenvalue weighted by atomic mass is 10.1. The predicted octanol–water partition coefficient (Wildman–Crippen LogP) is 2.47. The molecule has 1 aromatic rings. The van der Waals surface area contributed by atoms with Crippen LogP contribution in [-0.2, 0) is 29.0 Å². The number of nitrogens with zero attached hydrogens (tertiary/aromatic N) is 3. The maximum absolute atomic E-state index is 11.5. The molecule has 0 fully saturated rings. The van der Waals surface area contributed by atoms with Crippen LogP contribution in [0.5, 0.6) is 0 Å². The highest BCUT2D eigenvalue weighted by Gasteiger charge is 2.19. The van der Waals surface area contributed by atoms with Gasteiger partial charge in [-0.3, -0.25) is 14.4 Å². The number of carbonyl (C=O) groups excluding carboxylic acids is 1. The normalized spacial score (nSPS) is 12.8. The second-order valence-electron chi connectivity index (χ2n) is 5.00. The zero-order valence-electron chi connectivity index (χ0n) is 12.9. The molecule has 0 saturated carbocycles. The zero-order valence-corrected chi connectivity index (χ0v) is 14.5. The Morgan fingerprint density at radius 2 is 2.15 bits per heavy atom. The van der Waals surface area contributed by atoms with Crippen molar-refractivity contribution in [1.29, 1.82) is 0 Å². The number of carbonyl (C=O) groups is 1. The van der Waals surface area contributed by atoms with Crippen molar-refractivity contribution < 1.29 is 9.53 Å². The Hall–Kier alpha value is -0.880. The molecule has 0 aliphatic rings. The van der Waals surface area contributed by atoms with Crippen LogP contribution in [0.25, 0.3) is 0 Å². The minimum atomic E-state index is -0.172. The van der Waals surface area contributed by atoms with E-state index in [-0.39, 0.29) is 11.9 Å². The number of halogens is 1. The lowest BCUT2D eigenvalue weighted by Crippen LogP contribution is -2.30. The Morgan fingerprint density at radius 3 is 2.65 bits per heavy atom. The Labute approximate surface area is 129 Å². The molecule has 0 bridgehead atoms. The fourth-order valence-corrected chi connectivity index (χ4v) is 2.92. The van der Waals surface area contributed by atoms with Crippen molar-refractivity contribution in [1.82, 2.24) is 14.7 Å². The van der Waals surface area contributed by atoms with Crippen molar-refractivity contribution in [2.24, 2.45) is 5.92 Å². The van der Waals surface area contributed by atoms with Gasteiger partial charge in [-0.15, -0.1) is 0 Å². The van der Waals surface area contributed by atoms with E-state index in [2.05, 4.69) is 39.8 Å². The monoisotopic (exact) mass is 345 g/mol. The minimum Gasteiger partial charge on any atom is -0.469 e. The topological polar surface area (TPSA) is 47.4 Å². The molecule has 0 aliphatic heterocycles. The Morgan fingerprint density at radius 1 is 1.50 bits per heavy atom. The fraction of sp³-hybridized carbons (Fsp3) is 0.714. The molecule has 0 aliphatic carbocycles. The number of hydrogen-bond donors (Lipinski definition) is 0. The van der Waals surface area contributed by atoms with E-state index in [1.807, 2.05) is 18.7 Å². The Balaban J connectivity index is 2.77. The van der Waals surface area contributed by atoms with E-state index < -0.39 is 0 Å². The van der Waals surface area contributed by atoms with Crippen LogP contribution in [0.15, 0.2) is 4.47 Å². The third-order valence-electron chi connectivity index (χ3n) is 3.30. The summed E-state index contributed by atoms with van der Waals surface area (Å²) in [5, 5.41) is 4.58. The second kappa shape index (κ2) is 7.78. The summed E-state index contributed by atoms with van der Waals surface area (Å²) in [5.41, 5.74) is 2.24. The summed E-state index contributed by atoms with van der Waals surface area (Å²) in [5.74, 6) is -0.304. The van der Waals surface area contributed by atoms with Crippen LogP contribution >= 0.6 is 15.9 Å². The molecular formula is C14H24BrN3O2. The first-order valence-corrected chi connectivity index (χ1v) is 7.74. The van der Waals surface area contributed by atoms with Crippen molar-refractivity contribution in [2.75, 3.05) is 20.7 Å². The zero-order chi connectivity index (χ0) is 15.3. The van der Waals surface area contributed by atoms with Crippen LogP contribution in [0.3, 0.4) is 0 Å². The maximum atomic E-state index is 11.5. The van der Waals surface area contributed by atoms with E-state index in [0.717, 1.165) is 35.4 Å². The van der Waals surface area contributed by atoms with Crippen LogP contribution in [0.1, 0.15) is 32.2 Å². The number of methoxy groups -OCH3 is 1. The molecular weight excluding hydrogens is 322 g/mol. The number of rotatable bonds is 7. The highest BCUT2D eigenvalue weighted by atomic mass is 79.9. The van der Waals surface area contributed by atoms with Gasteiger partial charge < -0.3 is 4.74 Å². The Bertz CT molecular complexity index is 460. The summed E-state index contributed by atoms with van der Waals surface area (Å²) in [6.07, 6.45) is 0.906. The summed E-state index contributed by atoms with van der Waals surface area (Å²) >= 11 is 3.64. The second-order valence-corrected chi connectivity index (χ2v) is 5.79. The molecule has 0 aromatic carbocycles. The molecule has 5 nitrogen and oxygen atoms in total. The van der Waals surface area contributed by atoms with Gasteiger partial charge in [0.2, 0.25) is 0 Å². The van der Waals surface area contributed by atoms with Gasteiger partial charge in [-0.2, -0.15) is 5.10 Å². The number of hydrogen-bond acceptors (Lipinski definition) is 4. The van der Waals surface area contributed by atoms with Gasteiger partial charge in [0, 0.05) is 19.6 Å². The SMILES string of the molecule is CCc1nn(CC)c(CN(C)CC(C)C(=O)OC)c1Br. The molecule has 1 heterocycles. The molecule has 1 unspecified atom stereocenters. The number of ether oxygens (including phenoxy) is 1. The molecule has 6 heteroatoms. The van der Waals surface area contributed by atoms with E-state index in [1.165, 1.54) is 7.11 Å². The molecule has 0 amide bonds. The van der Waals surface area contributed by atoms with Crippen molar-refractivity contribution in [3.63, 3.8) is 0 Å². The first-order chi connectivity index (χ1) is 9.44. The number of aryl methyl sites for hydroxylation is 2. The van der Waals surface area contributed by atoms with Crippen LogP contribution in [0.4, 0.5) is 0 Å². The van der Waals surface area contributed by atoms with Gasteiger partial charge >= 0.3 is 5.97 Å². The lowest BCUT2D eigenvalue weighted by Gasteiger charge is -2.20. The largest absolute Gasteiger partial charge is 0.469 e. The van der Waals surface area contributed by atoms with Crippen LogP contribution in [0, 0.1) is 5.92 Å². The van der Waals surface area contributed by atoms with E-state index in [1.54, 1.807) is 0 Å². The van der Waals surface area contributed by atoms with Crippen molar-refractivity contribution >= 4 is 21.9 Å². The van der Waals surface area contributed by atoms with Crippen LogP contribution in [0.2, 0.25) is 0 Å². The summed E-state index contributed by atoms with van der Waals surface area (Å²) < 4.78 is 7.86. The first kappa shape index (κ1) is 17.2. The summed E-state index contributed by atoms with van der Waals surface area (Å²) in [4.78, 5) is 13.6. The first-order valence-electron chi connectivity index (χ1n) is 6.94. The highest BCUT2D eigenvalue weighted by Crippen LogP contribution is 2.23. The third-order valence-corrected chi connectivity index (χ3v) is 4.22. The lowest BCUT2D eigenvalue weighted by molar-refractivity contribution is -0.145. The molecule has 0 radical (unpaired) electrons. The molecule has 0 saturated heterocycles. The van der Waals surface area contributed by atoms with Crippen LogP contribution < -0.4 is 0 Å². The molecule has 114 valence electrons. The standard InChI is InChI=1S/C14H24BrN3O2/c1-6-11-13(15)12(18(7-2)16-11)9-17(4)8-10(3)14(19)20-5/h10H,6-9H2,1-5H3. The Kier molecular flexibility index (Phi) is 6.68. The molecule has 1 aromatic heterocycles. The van der Waals surface area contributed by atoms with Crippen molar-refractivity contribution in [3.05, 3.63) is 15.9 Å². The van der Waals surface area contributed by atoms with Gasteiger partial charge in [-0.25, -0.2) is 0 Å². The van der Waals surface area contributed by atoms with E-state index >= 15 is 0 Å². The highest BCUT2D eigenvalue weighted by molar-refractivity contribution is 9.10. The fourth-order valence-electron chi connectivity index (χ4n) is 2.23. The average molecular weight is 346 g/mol. The van der Waals surface area contributed by atoms with Gasteiger partial charge in [0.25, 0.3) is 0 Å². The quantitative estimate of drug-likeness (QED) is 0.712. The average Bonchev–Trinajstić information content (AvgIpc) is 2.74. The molecule has 0 spiro atoms. The van der Waals surface area contributed by atoms with E-state index in [0.29, 0.717) is 6.54 Å². The minimum absolute atomic E-state index is 0.132. The number of aromatic nitrogens is 2. The van der Waals surface area contributed by atoms with E-state index in [4.69, 9.17) is 4.74 Å². The van der Waals surface area contributed by atoms with Gasteiger partial charge in [-0.1, -0.05) is 13.8 Å².